The molecule has 3 heterocycles. The summed E-state index contributed by atoms with van der Waals surface area (Å²) >= 11 is 0. The molecule has 1 aliphatic carbocycles. The Hall–Kier alpha value is -2.43. The minimum atomic E-state index is 0.525. The molecular formula is C19H23N5. The van der Waals surface area contributed by atoms with Crippen LogP contribution >= 0.6 is 0 Å². The number of aryl methyl sites for hydroxylation is 2. The summed E-state index contributed by atoms with van der Waals surface area (Å²) in [6.45, 7) is 4.11. The fraction of sp³-hybridized carbons (Fsp3) is 0.421. The van der Waals surface area contributed by atoms with Gasteiger partial charge in [-0.2, -0.15) is 9.61 Å². The van der Waals surface area contributed by atoms with Gasteiger partial charge in [-0.05, 0) is 38.3 Å². The first-order chi connectivity index (χ1) is 11.7. The van der Waals surface area contributed by atoms with Gasteiger partial charge in [0.2, 0.25) is 0 Å². The molecule has 0 aliphatic heterocycles. The Labute approximate surface area is 142 Å². The van der Waals surface area contributed by atoms with E-state index in [9.17, 15) is 0 Å². The second kappa shape index (κ2) is 6.23. The third-order valence-corrected chi connectivity index (χ3v) is 4.78. The van der Waals surface area contributed by atoms with Crippen molar-refractivity contribution in [2.45, 2.75) is 52.0 Å². The number of rotatable bonds is 3. The third-order valence-electron chi connectivity index (χ3n) is 4.78. The molecule has 3 aromatic heterocycles. The molecule has 0 spiro atoms. The van der Waals surface area contributed by atoms with E-state index in [4.69, 9.17) is 4.98 Å². The van der Waals surface area contributed by atoms with Crippen molar-refractivity contribution in [1.29, 1.82) is 0 Å². The van der Waals surface area contributed by atoms with Gasteiger partial charge in [-0.1, -0.05) is 19.3 Å². The van der Waals surface area contributed by atoms with E-state index < -0.39 is 0 Å². The predicted molar refractivity (Wildman–Crippen MR) is 96.2 cm³/mol. The van der Waals surface area contributed by atoms with Crippen LogP contribution in [-0.4, -0.2) is 25.6 Å². The highest BCUT2D eigenvalue weighted by Gasteiger charge is 2.17. The fourth-order valence-electron chi connectivity index (χ4n) is 3.47. The molecule has 0 aromatic carbocycles. The Kier molecular flexibility index (Phi) is 3.92. The van der Waals surface area contributed by atoms with Crippen LogP contribution in [0.1, 0.15) is 43.2 Å². The van der Waals surface area contributed by atoms with Gasteiger partial charge in [-0.15, -0.1) is 0 Å². The first kappa shape index (κ1) is 15.1. The monoisotopic (exact) mass is 321 g/mol. The molecule has 24 heavy (non-hydrogen) atoms. The SMILES string of the molecule is Cc1cncc(-c2cc(NC3CCCCC3)n3ncc(C)c3n2)c1. The highest BCUT2D eigenvalue weighted by molar-refractivity contribution is 5.67. The van der Waals surface area contributed by atoms with E-state index in [1.54, 1.807) is 0 Å². The van der Waals surface area contributed by atoms with E-state index >= 15 is 0 Å². The molecular weight excluding hydrogens is 298 g/mol. The van der Waals surface area contributed by atoms with Crippen LogP contribution in [0.25, 0.3) is 16.9 Å². The molecule has 0 saturated heterocycles. The number of nitrogens with one attached hydrogen (secondary N) is 1. The lowest BCUT2D eigenvalue weighted by Crippen LogP contribution is -2.24. The van der Waals surface area contributed by atoms with Gasteiger partial charge >= 0.3 is 0 Å². The van der Waals surface area contributed by atoms with Gasteiger partial charge in [-0.3, -0.25) is 4.98 Å². The van der Waals surface area contributed by atoms with Crippen LogP contribution in [0.2, 0.25) is 0 Å². The zero-order valence-electron chi connectivity index (χ0n) is 14.3. The molecule has 1 aliphatic rings. The van der Waals surface area contributed by atoms with Crippen LogP contribution in [0, 0.1) is 13.8 Å². The Morgan fingerprint density at radius 2 is 1.88 bits per heavy atom. The molecule has 5 heteroatoms. The number of aromatic nitrogens is 4. The van der Waals surface area contributed by atoms with Crippen molar-refractivity contribution < 1.29 is 0 Å². The molecule has 5 nitrogen and oxygen atoms in total. The van der Waals surface area contributed by atoms with Crippen LogP contribution in [0.5, 0.6) is 0 Å². The summed E-state index contributed by atoms with van der Waals surface area (Å²) in [6.07, 6.45) is 12.0. The van der Waals surface area contributed by atoms with E-state index in [0.29, 0.717) is 6.04 Å². The van der Waals surface area contributed by atoms with Crippen molar-refractivity contribution in [2.75, 3.05) is 5.32 Å². The molecule has 3 aromatic rings. The average Bonchev–Trinajstić information content (AvgIpc) is 2.97. The molecule has 1 N–H and O–H groups in total. The Morgan fingerprint density at radius 3 is 2.67 bits per heavy atom. The van der Waals surface area contributed by atoms with Gasteiger partial charge in [0.1, 0.15) is 5.82 Å². The topological polar surface area (TPSA) is 55.1 Å². The van der Waals surface area contributed by atoms with Crippen LogP contribution in [0.4, 0.5) is 5.82 Å². The molecule has 0 radical (unpaired) electrons. The van der Waals surface area contributed by atoms with Crippen molar-refractivity contribution in [3.63, 3.8) is 0 Å². The normalized spacial score (nSPS) is 15.8. The quantitative estimate of drug-likeness (QED) is 0.787. The average molecular weight is 321 g/mol. The first-order valence-electron chi connectivity index (χ1n) is 8.74. The maximum absolute atomic E-state index is 4.82. The number of hydrogen-bond acceptors (Lipinski definition) is 4. The second-order valence-corrected chi connectivity index (χ2v) is 6.82. The smallest absolute Gasteiger partial charge is 0.160 e. The number of anilines is 1. The van der Waals surface area contributed by atoms with E-state index in [1.165, 1.54) is 32.1 Å². The molecule has 1 saturated carbocycles. The number of hydrogen-bond donors (Lipinski definition) is 1. The zero-order chi connectivity index (χ0) is 16.5. The molecule has 0 bridgehead atoms. The molecule has 124 valence electrons. The van der Waals surface area contributed by atoms with Gasteiger partial charge in [0, 0.05) is 35.6 Å². The zero-order valence-corrected chi connectivity index (χ0v) is 14.3. The molecule has 4 rings (SSSR count). The van der Waals surface area contributed by atoms with Gasteiger partial charge in [0.25, 0.3) is 0 Å². The Balaban J connectivity index is 1.79. The summed E-state index contributed by atoms with van der Waals surface area (Å²) in [5, 5.41) is 8.21. The highest BCUT2D eigenvalue weighted by atomic mass is 15.3. The first-order valence-corrected chi connectivity index (χ1v) is 8.74. The van der Waals surface area contributed by atoms with Crippen molar-refractivity contribution in [3.05, 3.63) is 41.9 Å². The maximum atomic E-state index is 4.82. The minimum Gasteiger partial charge on any atom is -0.367 e. The summed E-state index contributed by atoms with van der Waals surface area (Å²) in [5.41, 5.74) is 5.13. The van der Waals surface area contributed by atoms with E-state index in [1.807, 2.05) is 23.1 Å². The van der Waals surface area contributed by atoms with Crippen molar-refractivity contribution in [3.8, 4) is 11.3 Å². The van der Waals surface area contributed by atoms with Gasteiger partial charge < -0.3 is 5.32 Å². The van der Waals surface area contributed by atoms with E-state index in [0.717, 1.165) is 33.8 Å². The van der Waals surface area contributed by atoms with Crippen molar-refractivity contribution in [1.82, 2.24) is 19.6 Å². The predicted octanol–water partition coefficient (Wildman–Crippen LogP) is 4.15. The van der Waals surface area contributed by atoms with Crippen LogP contribution in [0.3, 0.4) is 0 Å². The lowest BCUT2D eigenvalue weighted by Gasteiger charge is -2.24. The summed E-state index contributed by atoms with van der Waals surface area (Å²) in [4.78, 5) is 9.13. The Bertz CT molecular complexity index is 861. The van der Waals surface area contributed by atoms with Gasteiger partial charge in [-0.25, -0.2) is 4.98 Å². The van der Waals surface area contributed by atoms with Crippen LogP contribution in [0.15, 0.2) is 30.7 Å². The second-order valence-electron chi connectivity index (χ2n) is 6.82. The largest absolute Gasteiger partial charge is 0.367 e. The molecule has 0 atom stereocenters. The minimum absolute atomic E-state index is 0.525. The van der Waals surface area contributed by atoms with E-state index in [2.05, 4.69) is 41.4 Å². The van der Waals surface area contributed by atoms with Crippen molar-refractivity contribution >= 4 is 11.5 Å². The van der Waals surface area contributed by atoms with Crippen LogP contribution in [-0.2, 0) is 0 Å². The van der Waals surface area contributed by atoms with Crippen molar-refractivity contribution in [2.24, 2.45) is 0 Å². The lowest BCUT2D eigenvalue weighted by atomic mass is 9.95. The molecule has 0 unspecified atom stereocenters. The number of fused-ring (bicyclic) bond motifs is 1. The summed E-state index contributed by atoms with van der Waals surface area (Å²) in [7, 11) is 0. The number of pyridine rings is 1. The Morgan fingerprint density at radius 1 is 1.04 bits per heavy atom. The standard InChI is InChI=1S/C19H23N5/c1-13-8-15(12-20-10-13)17-9-18(22-16-6-4-3-5-7-16)24-19(23-17)14(2)11-21-24/h8-12,16,22H,3-7H2,1-2H3. The van der Waals surface area contributed by atoms with Gasteiger partial charge in [0.15, 0.2) is 5.65 Å². The van der Waals surface area contributed by atoms with Crippen LogP contribution < -0.4 is 5.32 Å². The maximum Gasteiger partial charge on any atom is 0.160 e. The summed E-state index contributed by atoms with van der Waals surface area (Å²) in [6, 6.07) is 4.75. The van der Waals surface area contributed by atoms with E-state index in [-0.39, 0.29) is 0 Å². The molecule has 1 fully saturated rings. The summed E-state index contributed by atoms with van der Waals surface area (Å²) < 4.78 is 1.93. The van der Waals surface area contributed by atoms with Gasteiger partial charge in [0.05, 0.1) is 11.9 Å². The summed E-state index contributed by atoms with van der Waals surface area (Å²) in [5.74, 6) is 1.02. The highest BCUT2D eigenvalue weighted by Crippen LogP contribution is 2.26. The lowest BCUT2D eigenvalue weighted by molar-refractivity contribution is 0.461. The number of nitrogens with zero attached hydrogens (tertiary/aromatic N) is 4. The molecule has 0 amide bonds. The third kappa shape index (κ3) is 2.86. The fourth-order valence-corrected chi connectivity index (χ4v) is 3.47.